The van der Waals surface area contributed by atoms with Crippen LogP contribution in [0.3, 0.4) is 0 Å². The second-order valence-electron chi connectivity index (χ2n) is 6.21. The number of carbonyl (C=O) groups excluding carboxylic acids is 1. The predicted octanol–water partition coefficient (Wildman–Crippen LogP) is 3.68. The Morgan fingerprint density at radius 1 is 1.46 bits per heavy atom. The van der Waals surface area contributed by atoms with E-state index < -0.39 is 5.66 Å². The maximum atomic E-state index is 12.4. The van der Waals surface area contributed by atoms with E-state index in [0.29, 0.717) is 30.8 Å². The van der Waals surface area contributed by atoms with Crippen LogP contribution in [0.25, 0.3) is 0 Å². The molecule has 1 aromatic carbocycles. The minimum absolute atomic E-state index is 0.0121. The third kappa shape index (κ3) is 4.27. The van der Waals surface area contributed by atoms with E-state index in [1.165, 1.54) is 0 Å². The van der Waals surface area contributed by atoms with Gasteiger partial charge in [-0.05, 0) is 18.2 Å². The Kier molecular flexibility index (Phi) is 5.06. The Labute approximate surface area is 147 Å². The molecular weight excluding hydrogens is 326 g/mol. The molecule has 0 aromatic heterocycles. The van der Waals surface area contributed by atoms with E-state index in [4.69, 9.17) is 22.8 Å². The van der Waals surface area contributed by atoms with Crippen LogP contribution in [-0.4, -0.2) is 35.7 Å². The lowest BCUT2D eigenvalue weighted by Crippen LogP contribution is -2.31. The van der Waals surface area contributed by atoms with Crippen LogP contribution < -0.4 is 4.74 Å². The number of benzene rings is 1. The van der Waals surface area contributed by atoms with Gasteiger partial charge in [-0.25, -0.2) is 0 Å². The summed E-state index contributed by atoms with van der Waals surface area (Å²) >= 11 is 5.96. The van der Waals surface area contributed by atoms with Crippen molar-refractivity contribution in [1.82, 2.24) is 4.90 Å². The normalized spacial score (nSPS) is 20.7. The van der Waals surface area contributed by atoms with Gasteiger partial charge in [-0.15, -0.1) is 12.3 Å². The smallest absolute Gasteiger partial charge is 0.222 e. The maximum Gasteiger partial charge on any atom is 0.222 e. The summed E-state index contributed by atoms with van der Waals surface area (Å²) in [4.78, 5) is 14.2. The summed E-state index contributed by atoms with van der Waals surface area (Å²) in [6.07, 6.45) is 8.58. The fraction of sp³-hybridized carbons (Fsp3) is 0.500. The summed E-state index contributed by atoms with van der Waals surface area (Å²) in [7, 11) is 0. The Morgan fingerprint density at radius 3 is 3.00 bits per heavy atom. The molecule has 24 heavy (non-hydrogen) atoms. The minimum atomic E-state index is -0.390. The number of carbonyl (C=O) groups is 1. The molecule has 5 nitrogen and oxygen atoms in total. The number of terminal acetylenes is 1. The van der Waals surface area contributed by atoms with Crippen LogP contribution in [0.15, 0.2) is 34.5 Å². The van der Waals surface area contributed by atoms with Crippen molar-refractivity contribution in [3.63, 3.8) is 0 Å². The molecule has 1 amide bonds. The first-order chi connectivity index (χ1) is 11.6. The first-order valence-corrected chi connectivity index (χ1v) is 8.55. The van der Waals surface area contributed by atoms with Crippen LogP contribution in [0.1, 0.15) is 32.1 Å². The first kappa shape index (κ1) is 16.8. The van der Waals surface area contributed by atoms with Gasteiger partial charge in [0.2, 0.25) is 5.91 Å². The molecule has 1 aromatic rings. The van der Waals surface area contributed by atoms with Crippen molar-refractivity contribution in [3.05, 3.63) is 29.3 Å². The minimum Gasteiger partial charge on any atom is -0.488 e. The number of hydrogen-bond acceptors (Lipinski definition) is 4. The van der Waals surface area contributed by atoms with E-state index in [-0.39, 0.29) is 12.0 Å². The number of likely N-dealkylation sites (tertiary alicyclic amines) is 1. The van der Waals surface area contributed by atoms with Crippen molar-refractivity contribution >= 4 is 17.5 Å². The molecule has 2 heterocycles. The predicted molar refractivity (Wildman–Crippen MR) is 92.0 cm³/mol. The fourth-order valence-electron chi connectivity index (χ4n) is 2.92. The van der Waals surface area contributed by atoms with Gasteiger partial charge in [-0.3, -0.25) is 4.79 Å². The van der Waals surface area contributed by atoms with Gasteiger partial charge in [0.1, 0.15) is 11.9 Å². The lowest BCUT2D eigenvalue weighted by atomic mass is 10.0. The highest BCUT2D eigenvalue weighted by Crippen LogP contribution is 2.37. The van der Waals surface area contributed by atoms with E-state index >= 15 is 0 Å². The SMILES string of the molecule is C#CCCC1(CCC(=O)N2CC[C@@H](Oc3cccc(Cl)c3)C2)N=N1. The molecule has 0 bridgehead atoms. The number of rotatable bonds is 7. The molecule has 0 spiro atoms. The topological polar surface area (TPSA) is 54.3 Å². The van der Waals surface area contributed by atoms with Gasteiger partial charge < -0.3 is 9.64 Å². The van der Waals surface area contributed by atoms with Crippen molar-refractivity contribution in [3.8, 4) is 18.1 Å². The van der Waals surface area contributed by atoms with Gasteiger partial charge in [0, 0.05) is 43.7 Å². The van der Waals surface area contributed by atoms with Gasteiger partial charge >= 0.3 is 0 Å². The van der Waals surface area contributed by atoms with Crippen LogP contribution in [0, 0.1) is 12.3 Å². The third-order valence-electron chi connectivity index (χ3n) is 4.39. The van der Waals surface area contributed by atoms with Crippen LogP contribution in [0.2, 0.25) is 5.02 Å². The lowest BCUT2D eigenvalue weighted by molar-refractivity contribution is -0.130. The number of halogens is 1. The number of hydrogen-bond donors (Lipinski definition) is 0. The number of ether oxygens (including phenoxy) is 1. The molecule has 2 aliphatic heterocycles. The summed E-state index contributed by atoms with van der Waals surface area (Å²) in [6, 6.07) is 7.33. The Balaban J connectivity index is 1.44. The summed E-state index contributed by atoms with van der Waals surface area (Å²) in [5, 5.41) is 8.79. The second-order valence-corrected chi connectivity index (χ2v) is 6.65. The van der Waals surface area contributed by atoms with Crippen LogP contribution in [0.5, 0.6) is 5.75 Å². The largest absolute Gasteiger partial charge is 0.488 e. The molecule has 1 fully saturated rings. The number of nitrogens with zero attached hydrogens (tertiary/aromatic N) is 3. The molecule has 6 heteroatoms. The molecule has 126 valence electrons. The molecule has 3 rings (SSSR count). The Hall–Kier alpha value is -2.06. The summed E-state index contributed by atoms with van der Waals surface area (Å²) in [5.74, 6) is 3.47. The van der Waals surface area contributed by atoms with Crippen molar-refractivity contribution in [2.75, 3.05) is 13.1 Å². The monoisotopic (exact) mass is 345 g/mol. The molecule has 2 aliphatic rings. The second kappa shape index (κ2) is 7.23. The molecule has 0 unspecified atom stereocenters. The molecule has 1 atom stereocenters. The van der Waals surface area contributed by atoms with Crippen molar-refractivity contribution in [2.24, 2.45) is 10.2 Å². The molecule has 1 saturated heterocycles. The zero-order valence-electron chi connectivity index (χ0n) is 13.4. The van der Waals surface area contributed by atoms with E-state index in [1.54, 1.807) is 6.07 Å². The highest BCUT2D eigenvalue weighted by Gasteiger charge is 2.40. The first-order valence-electron chi connectivity index (χ1n) is 8.18. The van der Waals surface area contributed by atoms with Crippen molar-refractivity contribution in [1.29, 1.82) is 0 Å². The maximum absolute atomic E-state index is 12.4. The van der Waals surface area contributed by atoms with Gasteiger partial charge in [-0.2, -0.15) is 10.2 Å². The molecular formula is C18H20ClN3O2. The van der Waals surface area contributed by atoms with E-state index in [2.05, 4.69) is 16.1 Å². The highest BCUT2D eigenvalue weighted by atomic mass is 35.5. The zero-order chi connectivity index (χ0) is 17.0. The molecule has 0 N–H and O–H groups in total. The van der Waals surface area contributed by atoms with Gasteiger partial charge in [0.25, 0.3) is 0 Å². The van der Waals surface area contributed by atoms with Crippen LogP contribution >= 0.6 is 11.6 Å². The average Bonchev–Trinajstić information content (AvgIpc) is 3.20. The quantitative estimate of drug-likeness (QED) is 0.708. The van der Waals surface area contributed by atoms with E-state index in [9.17, 15) is 4.79 Å². The zero-order valence-corrected chi connectivity index (χ0v) is 14.2. The molecule has 0 radical (unpaired) electrons. The number of amides is 1. The highest BCUT2D eigenvalue weighted by molar-refractivity contribution is 6.30. The van der Waals surface area contributed by atoms with Gasteiger partial charge in [0.15, 0.2) is 5.66 Å². The van der Waals surface area contributed by atoms with Crippen LogP contribution in [0.4, 0.5) is 0 Å². The van der Waals surface area contributed by atoms with E-state index in [1.807, 2.05) is 23.1 Å². The summed E-state index contributed by atoms with van der Waals surface area (Å²) < 4.78 is 5.91. The Bertz CT molecular complexity index is 677. The van der Waals surface area contributed by atoms with Crippen LogP contribution in [-0.2, 0) is 4.79 Å². The Morgan fingerprint density at radius 2 is 2.29 bits per heavy atom. The van der Waals surface area contributed by atoms with Crippen molar-refractivity contribution < 1.29 is 9.53 Å². The van der Waals surface area contributed by atoms with Gasteiger partial charge in [0.05, 0.1) is 6.54 Å². The lowest BCUT2D eigenvalue weighted by Gasteiger charge is -2.18. The molecule has 0 saturated carbocycles. The fourth-order valence-corrected chi connectivity index (χ4v) is 3.10. The van der Waals surface area contributed by atoms with Crippen molar-refractivity contribution in [2.45, 2.75) is 43.9 Å². The summed E-state index contributed by atoms with van der Waals surface area (Å²) in [5.41, 5.74) is -0.390. The standard InChI is InChI=1S/C18H20ClN3O2/c1-2-3-9-18(20-21-18)10-7-17(23)22-11-8-16(13-22)24-15-6-4-5-14(19)12-15/h1,4-6,12,16H,3,7-11,13H2/t16-/m1/s1. The average molecular weight is 346 g/mol. The third-order valence-corrected chi connectivity index (χ3v) is 4.62. The summed E-state index contributed by atoms with van der Waals surface area (Å²) in [6.45, 7) is 1.33. The van der Waals surface area contributed by atoms with E-state index in [0.717, 1.165) is 25.1 Å². The van der Waals surface area contributed by atoms with Gasteiger partial charge in [-0.1, -0.05) is 17.7 Å². The molecule has 0 aliphatic carbocycles.